The monoisotopic (exact) mass is 404 g/mol. The van der Waals surface area contributed by atoms with E-state index in [1.807, 2.05) is 11.5 Å². The van der Waals surface area contributed by atoms with Gasteiger partial charge in [-0.05, 0) is 42.2 Å². The predicted octanol–water partition coefficient (Wildman–Crippen LogP) is 6.07. The second-order valence-electron chi connectivity index (χ2n) is 10.8. The molecule has 1 aromatic carbocycles. The molecular weight excluding hydrogens is 368 g/mol. The van der Waals surface area contributed by atoms with Crippen LogP contribution in [0.25, 0.3) is 0 Å². The zero-order valence-corrected chi connectivity index (χ0v) is 20.9. The minimum absolute atomic E-state index is 0.0131. The lowest BCUT2D eigenvalue weighted by molar-refractivity contribution is -0.111. The topological polar surface area (TPSA) is 41.9 Å². The zero-order chi connectivity index (χ0) is 21.0. The van der Waals surface area contributed by atoms with Gasteiger partial charge in [-0.2, -0.15) is 0 Å². The summed E-state index contributed by atoms with van der Waals surface area (Å²) in [4.78, 5) is 13.5. The molecule has 0 saturated carbocycles. The largest absolute Gasteiger partial charge is 0.454 e. The van der Waals surface area contributed by atoms with E-state index in [2.05, 4.69) is 91.1 Å². The van der Waals surface area contributed by atoms with E-state index >= 15 is 0 Å². The second-order valence-corrected chi connectivity index (χ2v) is 20.5. The highest BCUT2D eigenvalue weighted by Crippen LogP contribution is 2.45. The first kappa shape index (κ1) is 21.9. The average Bonchev–Trinajstić information content (AvgIpc) is 2.74. The number of anilines is 1. The van der Waals surface area contributed by atoms with Gasteiger partial charge in [0.2, 0.25) is 0 Å². The van der Waals surface area contributed by atoms with Crippen LogP contribution in [0.5, 0.6) is 0 Å². The van der Waals surface area contributed by atoms with E-state index in [0.717, 1.165) is 16.8 Å². The maximum Gasteiger partial charge on any atom is 0.286 e. The molecular formula is C21H36N2O2Si2. The van der Waals surface area contributed by atoms with Crippen molar-refractivity contribution in [1.82, 2.24) is 0 Å². The summed E-state index contributed by atoms with van der Waals surface area (Å²) in [6, 6.07) is 6.20. The fourth-order valence-corrected chi connectivity index (χ4v) is 5.32. The van der Waals surface area contributed by atoms with E-state index in [4.69, 9.17) is 4.53 Å². The third-order valence-corrected chi connectivity index (χ3v) is 16.0. The third kappa shape index (κ3) is 3.78. The number of oxime groups is 1. The summed E-state index contributed by atoms with van der Waals surface area (Å²) >= 11 is 0. The van der Waals surface area contributed by atoms with Crippen LogP contribution in [0.15, 0.2) is 23.4 Å². The summed E-state index contributed by atoms with van der Waals surface area (Å²) in [5.41, 5.74) is 3.47. The minimum atomic E-state index is -2.10. The number of fused-ring (bicyclic) bond motifs is 1. The van der Waals surface area contributed by atoms with Gasteiger partial charge in [0.1, 0.15) is 0 Å². The van der Waals surface area contributed by atoms with Gasteiger partial charge in [-0.3, -0.25) is 4.79 Å². The van der Waals surface area contributed by atoms with Crippen molar-refractivity contribution in [3.8, 4) is 0 Å². The molecule has 0 N–H and O–H groups in total. The van der Waals surface area contributed by atoms with Crippen LogP contribution in [0.1, 0.15) is 52.7 Å². The van der Waals surface area contributed by atoms with Gasteiger partial charge in [-0.1, -0.05) is 71.4 Å². The summed E-state index contributed by atoms with van der Waals surface area (Å²) in [6.45, 7) is 24.1. The molecule has 0 aromatic heterocycles. The van der Waals surface area contributed by atoms with Gasteiger partial charge in [-0.25, -0.2) is 0 Å². The average molecular weight is 405 g/mol. The summed E-state index contributed by atoms with van der Waals surface area (Å²) in [7, 11) is -4.19. The molecule has 0 atom stereocenters. The lowest BCUT2D eigenvalue weighted by Crippen LogP contribution is -2.57. The molecule has 0 aliphatic carbocycles. The van der Waals surface area contributed by atoms with E-state index in [0.29, 0.717) is 5.71 Å². The maximum absolute atomic E-state index is 13.5. The normalized spacial score (nSPS) is 17.5. The summed E-state index contributed by atoms with van der Waals surface area (Å²) < 4.78 is 8.12. The highest BCUT2D eigenvalue weighted by atomic mass is 28.4. The van der Waals surface area contributed by atoms with Gasteiger partial charge in [0, 0.05) is 11.3 Å². The highest BCUT2D eigenvalue weighted by Gasteiger charge is 2.50. The molecule has 4 nitrogen and oxygen atoms in total. The van der Waals surface area contributed by atoms with Crippen LogP contribution in [0.4, 0.5) is 5.69 Å². The first-order valence-corrected chi connectivity index (χ1v) is 15.6. The van der Waals surface area contributed by atoms with Gasteiger partial charge < -0.3 is 9.09 Å². The fourth-order valence-electron chi connectivity index (χ4n) is 2.64. The Labute approximate surface area is 167 Å². The smallest absolute Gasteiger partial charge is 0.286 e. The number of aryl methyl sites for hydroxylation is 1. The Bertz CT molecular complexity index is 784. The van der Waals surface area contributed by atoms with Crippen LogP contribution in [-0.2, 0) is 9.32 Å². The molecule has 1 amide bonds. The first-order valence-electron chi connectivity index (χ1n) is 9.72. The van der Waals surface area contributed by atoms with Gasteiger partial charge in [-0.15, -0.1) is 0 Å². The summed E-state index contributed by atoms with van der Waals surface area (Å²) in [5.74, 6) is -0.0131. The van der Waals surface area contributed by atoms with Crippen LogP contribution in [0, 0.1) is 6.92 Å². The molecule has 0 unspecified atom stereocenters. The molecule has 2 rings (SSSR count). The van der Waals surface area contributed by atoms with Gasteiger partial charge >= 0.3 is 0 Å². The fraction of sp³-hybridized carbons (Fsp3) is 0.619. The van der Waals surface area contributed by atoms with Crippen LogP contribution >= 0.6 is 0 Å². The molecule has 0 radical (unpaired) electrons. The van der Waals surface area contributed by atoms with Crippen molar-refractivity contribution in [2.45, 2.75) is 84.7 Å². The van der Waals surface area contributed by atoms with Crippen LogP contribution in [-0.4, -0.2) is 28.2 Å². The van der Waals surface area contributed by atoms with Crippen molar-refractivity contribution in [1.29, 1.82) is 0 Å². The SMILES string of the molecule is Cc1ccc2c(c1)/C(=N/O[Si](C)(C)C(C)(C)C)C(=O)N2[Si](C)(C)C(C)(C)C. The number of hydrogen-bond acceptors (Lipinski definition) is 3. The minimum Gasteiger partial charge on any atom is -0.454 e. The quantitative estimate of drug-likeness (QED) is 0.453. The first-order chi connectivity index (χ1) is 12.0. The van der Waals surface area contributed by atoms with Gasteiger partial charge in [0.25, 0.3) is 14.2 Å². The Kier molecular flexibility index (Phi) is 5.34. The molecule has 150 valence electrons. The standard InChI is InChI=1S/C21H36N2O2Si2/c1-15-12-13-17-16(14-15)18(22-25-27(10,11)21(5,6)7)19(24)23(17)26(8,9)20(2,3)4/h12-14H,1-11H3/b22-18-. The molecule has 1 heterocycles. The Morgan fingerprint density at radius 2 is 1.52 bits per heavy atom. The lowest BCUT2D eigenvalue weighted by atomic mass is 10.1. The molecule has 0 saturated heterocycles. The lowest BCUT2D eigenvalue weighted by Gasteiger charge is -2.43. The molecule has 0 fully saturated rings. The van der Waals surface area contributed by atoms with Crippen LogP contribution < -0.4 is 4.57 Å². The van der Waals surface area contributed by atoms with Crippen molar-refractivity contribution in [3.05, 3.63) is 29.3 Å². The van der Waals surface area contributed by atoms with Crippen molar-refractivity contribution in [3.63, 3.8) is 0 Å². The Balaban J connectivity index is 2.58. The highest BCUT2D eigenvalue weighted by molar-refractivity contribution is 6.90. The summed E-state index contributed by atoms with van der Waals surface area (Å²) in [5, 5.41) is 4.56. The molecule has 27 heavy (non-hydrogen) atoms. The van der Waals surface area contributed by atoms with Crippen molar-refractivity contribution in [2.24, 2.45) is 5.16 Å². The number of hydrogen-bond donors (Lipinski definition) is 0. The van der Waals surface area contributed by atoms with E-state index in [9.17, 15) is 4.79 Å². The van der Waals surface area contributed by atoms with Gasteiger partial charge in [0.15, 0.2) is 13.9 Å². The zero-order valence-electron chi connectivity index (χ0n) is 18.9. The van der Waals surface area contributed by atoms with Crippen LogP contribution in [0.2, 0.25) is 36.3 Å². The number of benzene rings is 1. The molecule has 1 aliphatic heterocycles. The summed E-state index contributed by atoms with van der Waals surface area (Å²) in [6.07, 6.45) is 0. The number of carbonyl (C=O) groups is 1. The predicted molar refractivity (Wildman–Crippen MR) is 121 cm³/mol. The van der Waals surface area contributed by atoms with Crippen molar-refractivity contribution in [2.75, 3.05) is 4.57 Å². The van der Waals surface area contributed by atoms with Crippen molar-refractivity contribution < 1.29 is 9.32 Å². The van der Waals surface area contributed by atoms with E-state index in [1.54, 1.807) is 0 Å². The number of carbonyl (C=O) groups excluding carboxylic acids is 1. The van der Waals surface area contributed by atoms with E-state index < -0.39 is 16.6 Å². The number of amides is 1. The second kappa shape index (κ2) is 6.59. The number of nitrogens with zero attached hydrogens (tertiary/aromatic N) is 2. The Hall–Kier alpha value is -1.41. The van der Waals surface area contributed by atoms with Gasteiger partial charge in [0.05, 0.1) is 0 Å². The molecule has 0 spiro atoms. The molecule has 1 aliphatic rings. The van der Waals surface area contributed by atoms with E-state index in [1.165, 1.54) is 0 Å². The molecule has 1 aromatic rings. The van der Waals surface area contributed by atoms with E-state index in [-0.39, 0.29) is 16.0 Å². The van der Waals surface area contributed by atoms with Crippen molar-refractivity contribution >= 4 is 33.9 Å². The molecule has 0 bridgehead atoms. The number of rotatable bonds is 3. The third-order valence-electron chi connectivity index (χ3n) is 6.62. The maximum atomic E-state index is 13.5. The van der Waals surface area contributed by atoms with Crippen LogP contribution in [0.3, 0.4) is 0 Å². The Morgan fingerprint density at radius 3 is 2.00 bits per heavy atom. The Morgan fingerprint density at radius 1 is 0.963 bits per heavy atom. The molecule has 6 heteroatoms.